The van der Waals surface area contributed by atoms with Gasteiger partial charge in [-0.25, -0.2) is 4.99 Å². The summed E-state index contributed by atoms with van der Waals surface area (Å²) in [4.78, 5) is 4.38. The topological polar surface area (TPSA) is 41.8 Å². The predicted octanol–water partition coefficient (Wildman–Crippen LogP) is 1.82. The molecule has 1 aromatic carbocycles. The molecule has 4 heteroatoms. The van der Waals surface area contributed by atoms with Gasteiger partial charge in [-0.1, -0.05) is 0 Å². The minimum atomic E-state index is -0.474. The molecule has 15 heavy (non-hydrogen) atoms. The van der Waals surface area contributed by atoms with E-state index < -0.39 is 5.54 Å². The quantitative estimate of drug-likeness (QED) is 0.846. The number of halogens is 1. The van der Waals surface area contributed by atoms with E-state index in [4.69, 9.17) is 9.84 Å². The van der Waals surface area contributed by atoms with Crippen molar-refractivity contribution in [3.05, 3.63) is 33.4 Å². The van der Waals surface area contributed by atoms with Crippen LogP contribution in [-0.4, -0.2) is 29.8 Å². The maximum atomic E-state index is 9.15. The number of hydrogen-bond acceptors (Lipinski definition) is 3. The lowest BCUT2D eigenvalue weighted by molar-refractivity contribution is 0.170. The maximum absolute atomic E-state index is 9.15. The van der Waals surface area contributed by atoms with E-state index in [2.05, 4.69) is 27.6 Å². The molecule has 80 valence electrons. The van der Waals surface area contributed by atoms with Crippen molar-refractivity contribution in [1.82, 2.24) is 0 Å². The molecule has 0 spiro atoms. The summed E-state index contributed by atoms with van der Waals surface area (Å²) in [5.74, 6) is 0.628. The van der Waals surface area contributed by atoms with Gasteiger partial charge in [-0.15, -0.1) is 0 Å². The molecule has 0 bridgehead atoms. The molecule has 0 unspecified atom stereocenters. The summed E-state index contributed by atoms with van der Waals surface area (Å²) in [6.45, 7) is 2.35. The van der Waals surface area contributed by atoms with Gasteiger partial charge in [0.2, 0.25) is 5.90 Å². The van der Waals surface area contributed by atoms with E-state index >= 15 is 0 Å². The van der Waals surface area contributed by atoms with Gasteiger partial charge in [0.05, 0.1) is 6.61 Å². The summed E-state index contributed by atoms with van der Waals surface area (Å²) in [6, 6.07) is 7.97. The maximum Gasteiger partial charge on any atom is 0.216 e. The largest absolute Gasteiger partial charge is 0.475 e. The molecule has 0 fully saturated rings. The van der Waals surface area contributed by atoms with E-state index in [-0.39, 0.29) is 6.61 Å². The summed E-state index contributed by atoms with van der Waals surface area (Å²) < 4.78 is 6.65. The lowest BCUT2D eigenvalue weighted by Gasteiger charge is -2.12. The molecule has 0 saturated carbocycles. The molecule has 0 radical (unpaired) electrons. The number of rotatable bonds is 2. The highest BCUT2D eigenvalue weighted by Gasteiger charge is 2.31. The first kappa shape index (κ1) is 10.9. The molecule has 1 N–H and O–H groups in total. The highest BCUT2D eigenvalue weighted by atomic mass is 127. The zero-order chi connectivity index (χ0) is 10.9. The number of ether oxygens (including phenoxy) is 1. The van der Waals surface area contributed by atoms with Crippen LogP contribution in [-0.2, 0) is 4.74 Å². The summed E-state index contributed by atoms with van der Waals surface area (Å²) in [6.07, 6.45) is 0. The van der Waals surface area contributed by atoms with Crippen molar-refractivity contribution in [2.45, 2.75) is 12.5 Å². The third-order valence-electron chi connectivity index (χ3n) is 2.32. The van der Waals surface area contributed by atoms with Gasteiger partial charge >= 0.3 is 0 Å². The Labute approximate surface area is 102 Å². The Morgan fingerprint density at radius 1 is 1.47 bits per heavy atom. The molecule has 0 saturated heterocycles. The zero-order valence-electron chi connectivity index (χ0n) is 8.40. The van der Waals surface area contributed by atoms with Gasteiger partial charge < -0.3 is 9.84 Å². The molecular formula is C11H12INO2. The monoisotopic (exact) mass is 317 g/mol. The summed E-state index contributed by atoms with van der Waals surface area (Å²) >= 11 is 2.25. The molecule has 0 aliphatic carbocycles. The first-order valence-electron chi connectivity index (χ1n) is 4.72. The summed E-state index contributed by atoms with van der Waals surface area (Å²) in [7, 11) is 0. The van der Waals surface area contributed by atoms with Crippen LogP contribution < -0.4 is 0 Å². The molecule has 1 heterocycles. The Kier molecular flexibility index (Phi) is 2.97. The Hall–Kier alpha value is -0.620. The van der Waals surface area contributed by atoms with Crippen LogP contribution in [0.4, 0.5) is 0 Å². The van der Waals surface area contributed by atoms with E-state index in [9.17, 15) is 0 Å². The fourth-order valence-corrected chi connectivity index (χ4v) is 1.71. The summed E-state index contributed by atoms with van der Waals surface area (Å²) in [5, 5.41) is 9.15. The minimum absolute atomic E-state index is 0.0148. The van der Waals surface area contributed by atoms with Crippen LogP contribution in [0.3, 0.4) is 0 Å². The normalized spacial score (nSPS) is 24.9. The smallest absolute Gasteiger partial charge is 0.216 e. The fourth-order valence-electron chi connectivity index (χ4n) is 1.35. The second kappa shape index (κ2) is 4.09. The van der Waals surface area contributed by atoms with Crippen LogP contribution in [0.25, 0.3) is 0 Å². The van der Waals surface area contributed by atoms with Crippen LogP contribution in [0.15, 0.2) is 29.3 Å². The van der Waals surface area contributed by atoms with Gasteiger partial charge in [0.15, 0.2) is 0 Å². The van der Waals surface area contributed by atoms with Gasteiger partial charge in [-0.3, -0.25) is 0 Å². The van der Waals surface area contributed by atoms with Crippen molar-refractivity contribution in [3.63, 3.8) is 0 Å². The SMILES string of the molecule is C[C@]1(CO)COC(c2ccc(I)cc2)=N1. The molecule has 2 rings (SSSR count). The number of aliphatic hydroxyl groups is 1. The Balaban J connectivity index is 2.26. The van der Waals surface area contributed by atoms with E-state index in [1.165, 1.54) is 3.57 Å². The molecule has 1 atom stereocenters. The van der Waals surface area contributed by atoms with Gasteiger partial charge in [-0.2, -0.15) is 0 Å². The molecule has 1 aliphatic rings. The van der Waals surface area contributed by atoms with Crippen LogP contribution in [0.1, 0.15) is 12.5 Å². The van der Waals surface area contributed by atoms with Gasteiger partial charge in [-0.05, 0) is 53.8 Å². The molecule has 1 aliphatic heterocycles. The van der Waals surface area contributed by atoms with Crippen molar-refractivity contribution in [3.8, 4) is 0 Å². The van der Waals surface area contributed by atoms with Gasteiger partial charge in [0.1, 0.15) is 12.1 Å². The average Bonchev–Trinajstić information content (AvgIpc) is 2.63. The van der Waals surface area contributed by atoms with Crippen LogP contribution in [0.5, 0.6) is 0 Å². The highest BCUT2D eigenvalue weighted by Crippen LogP contribution is 2.21. The van der Waals surface area contributed by atoms with Crippen molar-refractivity contribution < 1.29 is 9.84 Å². The predicted molar refractivity (Wildman–Crippen MR) is 67.1 cm³/mol. The van der Waals surface area contributed by atoms with Crippen molar-refractivity contribution in [2.24, 2.45) is 4.99 Å². The molecule has 0 amide bonds. The van der Waals surface area contributed by atoms with Crippen LogP contribution in [0.2, 0.25) is 0 Å². The van der Waals surface area contributed by atoms with Crippen LogP contribution in [0, 0.1) is 3.57 Å². The molecular weight excluding hydrogens is 305 g/mol. The lowest BCUT2D eigenvalue weighted by Crippen LogP contribution is -2.28. The number of nitrogens with zero attached hydrogens (tertiary/aromatic N) is 1. The Morgan fingerprint density at radius 3 is 2.67 bits per heavy atom. The second-order valence-electron chi connectivity index (χ2n) is 3.87. The third kappa shape index (κ3) is 2.31. The first-order chi connectivity index (χ1) is 7.13. The van der Waals surface area contributed by atoms with Gasteiger partial charge in [0, 0.05) is 9.13 Å². The number of hydrogen-bond donors (Lipinski definition) is 1. The minimum Gasteiger partial charge on any atom is -0.475 e. The van der Waals surface area contributed by atoms with E-state index in [1.807, 2.05) is 31.2 Å². The average molecular weight is 317 g/mol. The summed E-state index contributed by atoms with van der Waals surface area (Å²) in [5.41, 5.74) is 0.491. The van der Waals surface area contributed by atoms with Gasteiger partial charge in [0.25, 0.3) is 0 Å². The standard InChI is InChI=1S/C11H12INO2/c1-11(6-14)7-15-10(13-11)8-2-4-9(12)5-3-8/h2-5,14H,6-7H2,1H3/t11-/m0/s1. The molecule has 3 nitrogen and oxygen atoms in total. The highest BCUT2D eigenvalue weighted by molar-refractivity contribution is 14.1. The molecule has 1 aromatic rings. The fraction of sp³-hybridized carbons (Fsp3) is 0.364. The van der Waals surface area contributed by atoms with Crippen molar-refractivity contribution >= 4 is 28.5 Å². The number of benzene rings is 1. The van der Waals surface area contributed by atoms with Crippen molar-refractivity contribution in [2.75, 3.05) is 13.2 Å². The Bertz CT molecular complexity index is 388. The van der Waals surface area contributed by atoms with Crippen molar-refractivity contribution in [1.29, 1.82) is 0 Å². The van der Waals surface area contributed by atoms with E-state index in [0.717, 1.165) is 5.56 Å². The zero-order valence-corrected chi connectivity index (χ0v) is 10.6. The number of aliphatic hydroxyl groups excluding tert-OH is 1. The second-order valence-corrected chi connectivity index (χ2v) is 5.11. The first-order valence-corrected chi connectivity index (χ1v) is 5.80. The number of aliphatic imine (C=N–C) groups is 1. The Morgan fingerprint density at radius 2 is 2.13 bits per heavy atom. The van der Waals surface area contributed by atoms with Crippen LogP contribution >= 0.6 is 22.6 Å². The van der Waals surface area contributed by atoms with E-state index in [0.29, 0.717) is 12.5 Å². The third-order valence-corrected chi connectivity index (χ3v) is 3.04. The molecule has 0 aromatic heterocycles. The lowest BCUT2D eigenvalue weighted by atomic mass is 10.1. The van der Waals surface area contributed by atoms with E-state index in [1.54, 1.807) is 0 Å².